The Kier molecular flexibility index (Phi) is 4.97. The minimum atomic E-state index is -0.190. The topological polar surface area (TPSA) is 83.0 Å². The van der Waals surface area contributed by atoms with E-state index in [1.165, 1.54) is 0 Å². The number of rotatable bonds is 3. The molecule has 30 heavy (non-hydrogen) atoms. The molecule has 1 saturated heterocycles. The number of halogens is 2. The van der Waals surface area contributed by atoms with Crippen LogP contribution < -0.4 is 5.73 Å². The van der Waals surface area contributed by atoms with Crippen molar-refractivity contribution in [2.75, 3.05) is 12.3 Å². The van der Waals surface area contributed by atoms with Gasteiger partial charge in [0.15, 0.2) is 5.78 Å². The largest absolute Gasteiger partial charge is 0.398 e. The number of nitrogen functional groups attached to an aromatic ring is 1. The molecule has 3 heterocycles. The molecule has 1 unspecified atom stereocenters. The first-order valence-electron chi connectivity index (χ1n) is 9.71. The monoisotopic (exact) mass is 484 g/mol. The van der Waals surface area contributed by atoms with Crippen molar-refractivity contribution in [1.29, 1.82) is 0 Å². The maximum atomic E-state index is 13.5. The highest BCUT2D eigenvalue weighted by Gasteiger charge is 2.23. The number of hydrogen-bond acceptors (Lipinski definition) is 5. The number of anilines is 1. The van der Waals surface area contributed by atoms with Gasteiger partial charge < -0.3 is 10.5 Å². The van der Waals surface area contributed by atoms with E-state index < -0.39 is 0 Å². The zero-order chi connectivity index (χ0) is 20.8. The minimum absolute atomic E-state index is 0.142. The van der Waals surface area contributed by atoms with Gasteiger partial charge in [-0.05, 0) is 65.5 Å². The molecule has 0 aliphatic carbocycles. The van der Waals surface area contributed by atoms with Crippen LogP contribution in [0, 0.1) is 0 Å². The van der Waals surface area contributed by atoms with Crippen molar-refractivity contribution in [2.45, 2.75) is 25.5 Å². The summed E-state index contributed by atoms with van der Waals surface area (Å²) in [6.45, 7) is 0.704. The lowest BCUT2D eigenvalue weighted by Crippen LogP contribution is -2.18. The lowest BCUT2D eigenvalue weighted by atomic mass is 9.97. The highest BCUT2D eigenvalue weighted by Crippen LogP contribution is 2.35. The van der Waals surface area contributed by atoms with Crippen molar-refractivity contribution in [2.24, 2.45) is 0 Å². The second-order valence-electron chi connectivity index (χ2n) is 7.34. The zero-order valence-electron chi connectivity index (χ0n) is 15.9. The fourth-order valence-corrected chi connectivity index (χ4v) is 4.68. The lowest BCUT2D eigenvalue weighted by Gasteiger charge is -2.22. The third-order valence-corrected chi connectivity index (χ3v) is 6.38. The van der Waals surface area contributed by atoms with Gasteiger partial charge in [0.05, 0.1) is 16.2 Å². The van der Waals surface area contributed by atoms with Gasteiger partial charge in [0, 0.05) is 45.4 Å². The Hall–Kier alpha value is -2.48. The summed E-state index contributed by atoms with van der Waals surface area (Å²) in [6, 6.07) is 8.80. The first-order valence-corrected chi connectivity index (χ1v) is 10.9. The number of nitrogens with two attached hydrogens (primary N) is 1. The molecule has 0 bridgehead atoms. The molecule has 0 saturated carbocycles. The average molecular weight is 486 g/mol. The fourth-order valence-electron chi connectivity index (χ4n) is 3.93. The predicted octanol–water partition coefficient (Wildman–Crippen LogP) is 5.51. The van der Waals surface area contributed by atoms with Gasteiger partial charge in [-0.15, -0.1) is 0 Å². The van der Waals surface area contributed by atoms with E-state index in [9.17, 15) is 4.79 Å². The first-order chi connectivity index (χ1) is 14.5. The van der Waals surface area contributed by atoms with E-state index in [1.807, 2.05) is 12.3 Å². The van der Waals surface area contributed by atoms with Crippen molar-refractivity contribution in [1.82, 2.24) is 14.8 Å². The zero-order valence-corrected chi connectivity index (χ0v) is 18.3. The van der Waals surface area contributed by atoms with Crippen molar-refractivity contribution in [3.63, 3.8) is 0 Å². The van der Waals surface area contributed by atoms with Crippen LogP contribution in [-0.2, 0) is 4.74 Å². The number of aromatic nitrogens is 3. The van der Waals surface area contributed by atoms with E-state index in [2.05, 4.69) is 26.0 Å². The van der Waals surface area contributed by atoms with Crippen LogP contribution >= 0.6 is 27.5 Å². The third kappa shape index (κ3) is 3.17. The molecule has 1 fully saturated rings. The molecule has 1 atom stereocenters. The number of fused-ring (bicyclic) bond motifs is 2. The summed E-state index contributed by atoms with van der Waals surface area (Å²) >= 11 is 9.91. The molecule has 0 spiro atoms. The molecule has 1 aliphatic rings. The Bertz CT molecular complexity index is 1300. The molecule has 5 rings (SSSR count). The van der Waals surface area contributed by atoms with Crippen LogP contribution in [0.25, 0.3) is 21.8 Å². The normalized spacial score (nSPS) is 16.9. The quantitative estimate of drug-likeness (QED) is 0.305. The van der Waals surface area contributed by atoms with Gasteiger partial charge in [-0.25, -0.2) is 4.68 Å². The average Bonchev–Trinajstić information content (AvgIpc) is 3.23. The van der Waals surface area contributed by atoms with Crippen molar-refractivity contribution < 1.29 is 9.53 Å². The Labute approximate surface area is 186 Å². The van der Waals surface area contributed by atoms with E-state index >= 15 is 0 Å². The molecule has 0 radical (unpaired) electrons. The standard InChI is InChI=1S/C22H18BrClN4O2/c23-16-10-14(19(25)13-4-3-8-26-20(13)16)22(29)12-6-7-17(24)21-15(12)11-28(27-21)18-5-1-2-9-30-18/h3-4,6-8,10-11,18H,1-2,5,9,25H2. The fraction of sp³-hybridized carbons (Fsp3) is 0.227. The van der Waals surface area contributed by atoms with E-state index in [4.69, 9.17) is 22.1 Å². The molecule has 0 amide bonds. The van der Waals surface area contributed by atoms with E-state index in [1.54, 1.807) is 35.1 Å². The summed E-state index contributed by atoms with van der Waals surface area (Å²) in [5, 5.41) is 6.53. The van der Waals surface area contributed by atoms with Gasteiger partial charge in [0.2, 0.25) is 0 Å². The van der Waals surface area contributed by atoms with Gasteiger partial charge in [-0.1, -0.05) is 11.6 Å². The molecular formula is C22H18BrClN4O2. The highest BCUT2D eigenvalue weighted by atomic mass is 79.9. The number of ether oxygens (including phenoxy) is 1. The van der Waals surface area contributed by atoms with Crippen molar-refractivity contribution in [3.8, 4) is 0 Å². The SMILES string of the molecule is Nc1c(C(=O)c2ccc(Cl)c3nn(C4CCCCO4)cc23)cc(Br)c2ncccc12. The molecule has 2 N–H and O–H groups in total. The molecule has 6 nitrogen and oxygen atoms in total. The number of carbonyl (C=O) groups is 1. The maximum absolute atomic E-state index is 13.5. The van der Waals surface area contributed by atoms with Gasteiger partial charge in [0.25, 0.3) is 0 Å². The minimum Gasteiger partial charge on any atom is -0.398 e. The summed E-state index contributed by atoms with van der Waals surface area (Å²) < 4.78 is 8.33. The maximum Gasteiger partial charge on any atom is 0.195 e. The van der Waals surface area contributed by atoms with Gasteiger partial charge in [-0.2, -0.15) is 5.10 Å². The Morgan fingerprint density at radius 2 is 2.07 bits per heavy atom. The molecule has 8 heteroatoms. The second-order valence-corrected chi connectivity index (χ2v) is 8.60. The Morgan fingerprint density at radius 1 is 1.20 bits per heavy atom. The molecule has 4 aromatic rings. The highest BCUT2D eigenvalue weighted by molar-refractivity contribution is 9.10. The van der Waals surface area contributed by atoms with Crippen LogP contribution in [0.3, 0.4) is 0 Å². The van der Waals surface area contributed by atoms with Crippen LogP contribution in [0.15, 0.2) is 47.2 Å². The van der Waals surface area contributed by atoms with E-state index in [0.29, 0.717) is 43.8 Å². The van der Waals surface area contributed by atoms with Gasteiger partial charge in [-0.3, -0.25) is 9.78 Å². The third-order valence-electron chi connectivity index (χ3n) is 5.47. The Balaban J connectivity index is 1.65. The first kappa shape index (κ1) is 19.5. The summed E-state index contributed by atoms with van der Waals surface area (Å²) in [7, 11) is 0. The van der Waals surface area contributed by atoms with Crippen LogP contribution in [0.5, 0.6) is 0 Å². The van der Waals surface area contributed by atoms with Crippen LogP contribution in [0.1, 0.15) is 41.4 Å². The van der Waals surface area contributed by atoms with Crippen LogP contribution in [-0.4, -0.2) is 27.2 Å². The van der Waals surface area contributed by atoms with Crippen molar-refractivity contribution in [3.05, 3.63) is 63.3 Å². The Morgan fingerprint density at radius 3 is 2.87 bits per heavy atom. The van der Waals surface area contributed by atoms with Gasteiger partial charge in [0.1, 0.15) is 11.7 Å². The number of ketones is 1. The van der Waals surface area contributed by atoms with Crippen LogP contribution in [0.2, 0.25) is 5.02 Å². The summed E-state index contributed by atoms with van der Waals surface area (Å²) in [5.74, 6) is -0.190. The second kappa shape index (κ2) is 7.65. The predicted molar refractivity (Wildman–Crippen MR) is 121 cm³/mol. The molecular weight excluding hydrogens is 468 g/mol. The molecule has 2 aromatic heterocycles. The van der Waals surface area contributed by atoms with Crippen molar-refractivity contribution >= 4 is 60.8 Å². The summed E-state index contributed by atoms with van der Waals surface area (Å²) in [4.78, 5) is 17.9. The number of carbonyl (C=O) groups excluding carboxylic acids is 1. The molecule has 1 aliphatic heterocycles. The van der Waals surface area contributed by atoms with E-state index in [-0.39, 0.29) is 12.0 Å². The number of hydrogen-bond donors (Lipinski definition) is 1. The number of pyridine rings is 1. The smallest absolute Gasteiger partial charge is 0.195 e. The number of benzene rings is 2. The van der Waals surface area contributed by atoms with Gasteiger partial charge >= 0.3 is 0 Å². The molecule has 2 aromatic carbocycles. The van der Waals surface area contributed by atoms with E-state index in [0.717, 1.165) is 30.2 Å². The number of nitrogens with zero attached hydrogens (tertiary/aromatic N) is 3. The molecule has 152 valence electrons. The van der Waals surface area contributed by atoms with Crippen LogP contribution in [0.4, 0.5) is 5.69 Å². The lowest BCUT2D eigenvalue weighted by molar-refractivity contribution is -0.0390. The summed E-state index contributed by atoms with van der Waals surface area (Å²) in [6.07, 6.45) is 6.41. The summed E-state index contributed by atoms with van der Waals surface area (Å²) in [5.41, 5.74) is 8.98.